The molecular weight excluding hydrogens is 260 g/mol. The predicted molar refractivity (Wildman–Crippen MR) is 77.4 cm³/mol. The molecule has 0 radical (unpaired) electrons. The maximum absolute atomic E-state index is 5.56. The van der Waals surface area contributed by atoms with Crippen LogP contribution in [0.15, 0.2) is 16.5 Å². The van der Waals surface area contributed by atoms with Gasteiger partial charge in [0.2, 0.25) is 5.89 Å². The van der Waals surface area contributed by atoms with Gasteiger partial charge in [0.05, 0.1) is 12.6 Å². The molecule has 0 amide bonds. The summed E-state index contributed by atoms with van der Waals surface area (Å²) in [6.45, 7) is 7.82. The standard InChI is InChI=1S/C13H20N4OS/c1-4-10-6-7-11(19-10)8-15-13-17-16-12(18-13)9(3)14-5-2/h6-7,9,14H,4-5,8H2,1-3H3,(H,15,17). The van der Waals surface area contributed by atoms with Crippen LogP contribution >= 0.6 is 11.3 Å². The molecule has 19 heavy (non-hydrogen) atoms. The van der Waals surface area contributed by atoms with Crippen molar-refractivity contribution in [1.29, 1.82) is 0 Å². The molecule has 0 aliphatic rings. The van der Waals surface area contributed by atoms with Crippen molar-refractivity contribution in [3.63, 3.8) is 0 Å². The molecule has 0 aromatic carbocycles. The van der Waals surface area contributed by atoms with Crippen LogP contribution in [0.3, 0.4) is 0 Å². The van der Waals surface area contributed by atoms with Gasteiger partial charge in [0, 0.05) is 9.75 Å². The van der Waals surface area contributed by atoms with Crippen LogP contribution < -0.4 is 10.6 Å². The Kier molecular flexibility index (Phi) is 4.93. The second-order valence-corrected chi connectivity index (χ2v) is 5.55. The fourth-order valence-corrected chi connectivity index (χ4v) is 2.64. The average Bonchev–Trinajstić information content (AvgIpc) is 3.06. The molecular formula is C13H20N4OS. The number of nitrogens with zero attached hydrogens (tertiary/aromatic N) is 2. The number of thiophene rings is 1. The highest BCUT2D eigenvalue weighted by Crippen LogP contribution is 2.19. The Balaban J connectivity index is 1.89. The second-order valence-electron chi connectivity index (χ2n) is 4.30. The van der Waals surface area contributed by atoms with Crippen molar-refractivity contribution >= 4 is 17.4 Å². The van der Waals surface area contributed by atoms with Crippen molar-refractivity contribution in [2.75, 3.05) is 11.9 Å². The fraction of sp³-hybridized carbons (Fsp3) is 0.538. The van der Waals surface area contributed by atoms with E-state index in [1.165, 1.54) is 9.75 Å². The van der Waals surface area contributed by atoms with Crippen molar-refractivity contribution in [2.45, 2.75) is 39.8 Å². The minimum absolute atomic E-state index is 0.0847. The molecule has 0 bridgehead atoms. The molecule has 2 rings (SSSR count). The van der Waals surface area contributed by atoms with Gasteiger partial charge in [0.25, 0.3) is 0 Å². The quantitative estimate of drug-likeness (QED) is 0.816. The third kappa shape index (κ3) is 3.78. The molecule has 2 N–H and O–H groups in total. The lowest BCUT2D eigenvalue weighted by Crippen LogP contribution is -2.17. The Bertz CT molecular complexity index is 508. The molecule has 0 aliphatic carbocycles. The van der Waals surface area contributed by atoms with Gasteiger partial charge in [-0.1, -0.05) is 18.9 Å². The van der Waals surface area contributed by atoms with Crippen molar-refractivity contribution in [2.24, 2.45) is 0 Å². The molecule has 0 saturated heterocycles. The summed E-state index contributed by atoms with van der Waals surface area (Å²) in [7, 11) is 0. The number of hydrogen-bond acceptors (Lipinski definition) is 6. The predicted octanol–water partition coefficient (Wildman–Crippen LogP) is 2.98. The van der Waals surface area contributed by atoms with Gasteiger partial charge in [-0.3, -0.25) is 0 Å². The zero-order chi connectivity index (χ0) is 13.7. The Morgan fingerprint density at radius 1 is 1.26 bits per heavy atom. The Hall–Kier alpha value is -1.40. The molecule has 1 unspecified atom stereocenters. The SMILES string of the molecule is CCNC(C)c1nnc(NCc2ccc(CC)s2)o1. The topological polar surface area (TPSA) is 63.0 Å². The van der Waals surface area contributed by atoms with E-state index in [-0.39, 0.29) is 6.04 Å². The van der Waals surface area contributed by atoms with E-state index < -0.39 is 0 Å². The molecule has 0 aliphatic heterocycles. The van der Waals surface area contributed by atoms with E-state index in [0.29, 0.717) is 11.9 Å². The Labute approximate surface area is 117 Å². The van der Waals surface area contributed by atoms with Crippen LogP contribution in [0.1, 0.15) is 42.5 Å². The number of aryl methyl sites for hydroxylation is 1. The number of rotatable bonds is 7. The first-order valence-electron chi connectivity index (χ1n) is 6.61. The van der Waals surface area contributed by atoms with E-state index in [9.17, 15) is 0 Å². The molecule has 6 heteroatoms. The van der Waals surface area contributed by atoms with Gasteiger partial charge in [0.15, 0.2) is 0 Å². The third-order valence-electron chi connectivity index (χ3n) is 2.80. The second kappa shape index (κ2) is 6.68. The zero-order valence-electron chi connectivity index (χ0n) is 11.6. The van der Waals surface area contributed by atoms with Crippen LogP contribution in [0.2, 0.25) is 0 Å². The van der Waals surface area contributed by atoms with E-state index in [2.05, 4.69) is 39.9 Å². The van der Waals surface area contributed by atoms with Crippen LogP contribution in [0.5, 0.6) is 0 Å². The first-order valence-corrected chi connectivity index (χ1v) is 7.42. The van der Waals surface area contributed by atoms with E-state index in [1.54, 1.807) is 0 Å². The Morgan fingerprint density at radius 3 is 2.74 bits per heavy atom. The molecule has 0 spiro atoms. The summed E-state index contributed by atoms with van der Waals surface area (Å²) in [6.07, 6.45) is 1.08. The lowest BCUT2D eigenvalue weighted by atomic mass is 10.3. The van der Waals surface area contributed by atoms with Gasteiger partial charge in [0.1, 0.15) is 0 Å². The fourth-order valence-electron chi connectivity index (χ4n) is 1.74. The molecule has 2 aromatic heterocycles. The monoisotopic (exact) mass is 280 g/mol. The number of hydrogen-bond donors (Lipinski definition) is 2. The summed E-state index contributed by atoms with van der Waals surface area (Å²) in [5.74, 6) is 0.616. The summed E-state index contributed by atoms with van der Waals surface area (Å²) in [6, 6.07) is 4.86. The maximum atomic E-state index is 5.56. The van der Waals surface area contributed by atoms with Gasteiger partial charge in [-0.25, -0.2) is 0 Å². The lowest BCUT2D eigenvalue weighted by Gasteiger charge is -2.05. The van der Waals surface area contributed by atoms with Gasteiger partial charge >= 0.3 is 6.01 Å². The van der Waals surface area contributed by atoms with Crippen LogP contribution in [0.25, 0.3) is 0 Å². The summed E-state index contributed by atoms with van der Waals surface area (Å²) < 4.78 is 5.56. The summed E-state index contributed by atoms with van der Waals surface area (Å²) in [5.41, 5.74) is 0. The van der Waals surface area contributed by atoms with Crippen LogP contribution in [-0.2, 0) is 13.0 Å². The largest absolute Gasteiger partial charge is 0.406 e. The van der Waals surface area contributed by atoms with Crippen LogP contribution in [0.4, 0.5) is 6.01 Å². The van der Waals surface area contributed by atoms with E-state index in [4.69, 9.17) is 4.42 Å². The maximum Gasteiger partial charge on any atom is 0.315 e. The number of anilines is 1. The van der Waals surface area contributed by atoms with Crippen molar-refractivity contribution in [3.8, 4) is 0 Å². The van der Waals surface area contributed by atoms with Gasteiger partial charge in [-0.15, -0.1) is 16.4 Å². The minimum Gasteiger partial charge on any atom is -0.406 e. The zero-order valence-corrected chi connectivity index (χ0v) is 12.4. The highest BCUT2D eigenvalue weighted by atomic mass is 32.1. The lowest BCUT2D eigenvalue weighted by molar-refractivity contribution is 0.429. The number of nitrogens with one attached hydrogen (secondary N) is 2. The van der Waals surface area contributed by atoms with Gasteiger partial charge < -0.3 is 15.1 Å². The number of aromatic nitrogens is 2. The molecule has 1 atom stereocenters. The van der Waals surface area contributed by atoms with E-state index in [0.717, 1.165) is 19.5 Å². The first-order chi connectivity index (χ1) is 9.22. The molecule has 104 valence electrons. The highest BCUT2D eigenvalue weighted by molar-refractivity contribution is 7.12. The molecule has 0 saturated carbocycles. The highest BCUT2D eigenvalue weighted by Gasteiger charge is 2.12. The van der Waals surface area contributed by atoms with Crippen molar-refractivity contribution in [3.05, 3.63) is 27.8 Å². The smallest absolute Gasteiger partial charge is 0.315 e. The van der Waals surface area contributed by atoms with Crippen molar-refractivity contribution in [1.82, 2.24) is 15.5 Å². The normalized spacial score (nSPS) is 12.6. The van der Waals surface area contributed by atoms with Gasteiger partial charge in [-0.05, 0) is 32.0 Å². The Morgan fingerprint density at radius 2 is 2.05 bits per heavy atom. The van der Waals surface area contributed by atoms with E-state index in [1.807, 2.05) is 25.2 Å². The van der Waals surface area contributed by atoms with E-state index >= 15 is 0 Å². The van der Waals surface area contributed by atoms with Crippen LogP contribution in [0, 0.1) is 0 Å². The summed E-state index contributed by atoms with van der Waals surface area (Å²) >= 11 is 1.81. The van der Waals surface area contributed by atoms with Gasteiger partial charge in [-0.2, -0.15) is 0 Å². The molecule has 0 fully saturated rings. The van der Waals surface area contributed by atoms with Crippen LogP contribution in [-0.4, -0.2) is 16.7 Å². The first kappa shape index (κ1) is 14.0. The molecule has 2 aromatic rings. The average molecular weight is 280 g/mol. The molecule has 5 nitrogen and oxygen atoms in total. The molecule has 2 heterocycles. The summed E-state index contributed by atoms with van der Waals surface area (Å²) in [4.78, 5) is 2.67. The van der Waals surface area contributed by atoms with Crippen molar-refractivity contribution < 1.29 is 4.42 Å². The summed E-state index contributed by atoms with van der Waals surface area (Å²) in [5, 5.41) is 14.4. The minimum atomic E-state index is 0.0847. The third-order valence-corrected chi connectivity index (χ3v) is 4.03.